The van der Waals surface area contributed by atoms with Gasteiger partial charge in [0.1, 0.15) is 24.9 Å². The lowest BCUT2D eigenvalue weighted by Gasteiger charge is -2.30. The maximum atomic E-state index is 13.1. The predicted molar refractivity (Wildman–Crippen MR) is 280 cm³/mol. The van der Waals surface area contributed by atoms with Gasteiger partial charge in [0.25, 0.3) is 0 Å². The van der Waals surface area contributed by atoms with Gasteiger partial charge in [-0.2, -0.15) is 0 Å². The van der Waals surface area contributed by atoms with Crippen LogP contribution in [0, 0.1) is 0 Å². The van der Waals surface area contributed by atoms with Gasteiger partial charge in [0.15, 0.2) is 0 Å². The second-order valence-electron chi connectivity index (χ2n) is 19.3. The molecule has 12 rings (SSSR count). The fourth-order valence-electron chi connectivity index (χ4n) is 11.1. The van der Waals surface area contributed by atoms with Crippen LogP contribution in [-0.4, -0.2) is 49.3 Å². The number of rotatable bonds is 14. The minimum atomic E-state index is -1.69. The molecule has 0 bridgehead atoms. The molecular weight excluding hydrogens is 944 g/mol. The average Bonchev–Trinajstić information content (AvgIpc) is 4.23. The van der Waals surface area contributed by atoms with Crippen LogP contribution in [0.1, 0.15) is 102 Å². The van der Waals surface area contributed by atoms with Crippen LogP contribution in [0.15, 0.2) is 147 Å². The van der Waals surface area contributed by atoms with Gasteiger partial charge in [0, 0.05) is 62.9 Å². The first kappa shape index (κ1) is 45.9. The van der Waals surface area contributed by atoms with E-state index < -0.39 is 11.7 Å². The zero-order valence-corrected chi connectivity index (χ0v) is 41.1. The highest BCUT2D eigenvalue weighted by atomic mass is 35.5. The van der Waals surface area contributed by atoms with Crippen LogP contribution in [0.4, 0.5) is 0 Å². The topological polar surface area (TPSA) is 152 Å². The summed E-state index contributed by atoms with van der Waals surface area (Å²) in [6.45, 7) is 2.43. The molecule has 4 N–H and O–H groups in total. The molecule has 0 amide bonds. The van der Waals surface area contributed by atoms with Crippen LogP contribution in [0.2, 0.25) is 10.0 Å². The van der Waals surface area contributed by atoms with E-state index in [0.29, 0.717) is 57.8 Å². The number of ether oxygens (including phenoxy) is 2. The van der Waals surface area contributed by atoms with Gasteiger partial charge in [-0.25, -0.2) is 19.9 Å². The lowest BCUT2D eigenvalue weighted by atomic mass is 9.86. The molecule has 2 aliphatic carbocycles. The molecule has 6 aromatic heterocycles. The third kappa shape index (κ3) is 8.61. The fourth-order valence-corrected chi connectivity index (χ4v) is 11.6. The Balaban J connectivity index is 0.959. The van der Waals surface area contributed by atoms with Crippen LogP contribution >= 0.6 is 23.2 Å². The molecule has 72 heavy (non-hydrogen) atoms. The summed E-state index contributed by atoms with van der Waals surface area (Å²) in [5.74, 6) is 0.924. The van der Waals surface area contributed by atoms with Gasteiger partial charge < -0.3 is 38.8 Å². The van der Waals surface area contributed by atoms with E-state index in [9.17, 15) is 10.2 Å². The number of fused-ring (bicyclic) bond motifs is 4. The Morgan fingerprint density at radius 3 is 1.94 bits per heavy atom. The number of aromatic nitrogens is 8. The number of nitrogens with zero attached hydrogens (tertiary/aromatic N) is 6. The van der Waals surface area contributed by atoms with E-state index in [1.165, 1.54) is 11.1 Å². The first-order chi connectivity index (χ1) is 35.2. The molecular formula is C58H52Cl2N8O4. The van der Waals surface area contributed by atoms with Crippen LogP contribution in [0.25, 0.3) is 44.3 Å². The van der Waals surface area contributed by atoms with Gasteiger partial charge in [0.2, 0.25) is 11.8 Å². The molecule has 6 heterocycles. The van der Waals surface area contributed by atoms with Crippen molar-refractivity contribution in [1.82, 2.24) is 39.0 Å². The third-order valence-corrected chi connectivity index (χ3v) is 15.1. The number of H-pyrrole nitrogens is 2. The van der Waals surface area contributed by atoms with E-state index in [-0.39, 0.29) is 18.5 Å². The summed E-state index contributed by atoms with van der Waals surface area (Å²) in [4.78, 5) is 26.3. The van der Waals surface area contributed by atoms with E-state index in [0.717, 1.165) is 93.7 Å². The quantitative estimate of drug-likeness (QED) is 0.0840. The molecule has 4 unspecified atom stereocenters. The van der Waals surface area contributed by atoms with E-state index in [1.807, 2.05) is 116 Å². The average molecular weight is 996 g/mol. The zero-order valence-electron chi connectivity index (χ0n) is 39.6. The predicted octanol–water partition coefficient (Wildman–Crippen LogP) is 12.8. The molecule has 4 aromatic carbocycles. The summed E-state index contributed by atoms with van der Waals surface area (Å²) in [5.41, 5.74) is 10.4. The molecule has 14 heteroatoms. The maximum absolute atomic E-state index is 13.1. The SMILES string of the molecule is CC(O)(CC(O)c1ncn(C2CCCc3cccc(Cl)c32)c1-c1c[nH]c2cnc(OCc3ccccc3)cc12)c1ncn(C2CCCc3ccc(Cl)cc32)c1-c1c[nH]c2cnc(OCc3ccccc3)cc12. The Hall–Kier alpha value is -7.22. The molecule has 0 saturated carbocycles. The van der Waals surface area contributed by atoms with Crippen molar-refractivity contribution in [3.63, 3.8) is 0 Å². The maximum Gasteiger partial charge on any atom is 0.214 e. The summed E-state index contributed by atoms with van der Waals surface area (Å²) < 4.78 is 16.8. The Bertz CT molecular complexity index is 3580. The van der Waals surface area contributed by atoms with Crippen molar-refractivity contribution in [3.05, 3.63) is 201 Å². The van der Waals surface area contributed by atoms with Crippen LogP contribution in [-0.2, 0) is 31.7 Å². The van der Waals surface area contributed by atoms with Gasteiger partial charge in [-0.05, 0) is 97.0 Å². The Kier molecular flexibility index (Phi) is 12.2. The first-order valence-electron chi connectivity index (χ1n) is 24.6. The number of aromatic amines is 2. The zero-order chi connectivity index (χ0) is 48.9. The molecule has 10 aromatic rings. The van der Waals surface area contributed by atoms with Crippen molar-refractivity contribution in [2.24, 2.45) is 0 Å². The lowest BCUT2D eigenvalue weighted by Crippen LogP contribution is -2.27. The minimum absolute atomic E-state index is 0.129. The van der Waals surface area contributed by atoms with Crippen molar-refractivity contribution in [2.75, 3.05) is 0 Å². The number of nitrogens with one attached hydrogen (secondary N) is 2. The number of hydrogen-bond acceptors (Lipinski definition) is 8. The molecule has 0 saturated heterocycles. The Morgan fingerprint density at radius 2 is 1.28 bits per heavy atom. The Morgan fingerprint density at radius 1 is 0.681 bits per heavy atom. The van der Waals surface area contributed by atoms with Crippen LogP contribution < -0.4 is 9.47 Å². The number of imidazole rings is 2. The lowest BCUT2D eigenvalue weighted by molar-refractivity contribution is -0.00433. The number of aryl methyl sites for hydroxylation is 2. The molecule has 12 nitrogen and oxygen atoms in total. The smallest absolute Gasteiger partial charge is 0.214 e. The van der Waals surface area contributed by atoms with Gasteiger partial charge in [-0.15, -0.1) is 0 Å². The highest BCUT2D eigenvalue weighted by Crippen LogP contribution is 2.47. The summed E-state index contributed by atoms with van der Waals surface area (Å²) in [6, 6.07) is 35.7. The number of aliphatic hydroxyl groups excluding tert-OH is 1. The number of aliphatic hydroxyl groups is 2. The van der Waals surface area contributed by atoms with Crippen LogP contribution in [0.5, 0.6) is 11.8 Å². The number of benzene rings is 4. The molecule has 362 valence electrons. The van der Waals surface area contributed by atoms with E-state index in [1.54, 1.807) is 19.3 Å². The van der Waals surface area contributed by atoms with Crippen molar-refractivity contribution >= 4 is 45.0 Å². The summed E-state index contributed by atoms with van der Waals surface area (Å²) in [6.07, 6.45) is 15.1. The van der Waals surface area contributed by atoms with Crippen molar-refractivity contribution in [1.29, 1.82) is 0 Å². The third-order valence-electron chi connectivity index (χ3n) is 14.5. The monoisotopic (exact) mass is 994 g/mol. The highest BCUT2D eigenvalue weighted by Gasteiger charge is 2.39. The van der Waals surface area contributed by atoms with Gasteiger partial charge >= 0.3 is 0 Å². The van der Waals surface area contributed by atoms with Gasteiger partial charge in [-0.3, -0.25) is 0 Å². The summed E-state index contributed by atoms with van der Waals surface area (Å²) in [7, 11) is 0. The summed E-state index contributed by atoms with van der Waals surface area (Å²) in [5, 5.41) is 29.0. The molecule has 0 aliphatic heterocycles. The molecule has 0 spiro atoms. The van der Waals surface area contributed by atoms with Gasteiger partial charge in [0.05, 0.1) is 70.9 Å². The van der Waals surface area contributed by atoms with Gasteiger partial charge in [-0.1, -0.05) is 102 Å². The summed E-state index contributed by atoms with van der Waals surface area (Å²) >= 11 is 13.7. The van der Waals surface area contributed by atoms with E-state index in [4.69, 9.17) is 42.6 Å². The first-order valence-corrected chi connectivity index (χ1v) is 25.3. The molecule has 0 fully saturated rings. The Labute approximate surface area is 426 Å². The highest BCUT2D eigenvalue weighted by molar-refractivity contribution is 6.31. The normalized spacial score (nSPS) is 16.8. The van der Waals surface area contributed by atoms with E-state index >= 15 is 0 Å². The second kappa shape index (κ2) is 19.1. The molecule has 4 atom stereocenters. The standard InChI is InChI=1S/C58H52Cl2N8O4/c1-58(70,57-56(67(34-66-57)48-19-9-15-37-21-22-39(59)23-40(37)48)44-28-62-47-30-64-52(25-42(44)47)72-32-36-13-6-3-7-14-36)26-50(69)54-55(68(33-65-54)49-20-10-17-38-16-8-18-45(60)53(38)49)43-27-61-46-29-63-51(24-41(43)46)71-31-35-11-4-2-5-12-35/h2-8,11-14,16,18,21-25,27-30,33-34,48-50,61-62,69-70H,9-10,15,17,19-20,26,31-32H2,1H3. The van der Waals surface area contributed by atoms with Crippen molar-refractivity contribution in [3.8, 4) is 34.3 Å². The van der Waals surface area contributed by atoms with Crippen molar-refractivity contribution < 1.29 is 19.7 Å². The number of hydrogen-bond donors (Lipinski definition) is 4. The van der Waals surface area contributed by atoms with E-state index in [2.05, 4.69) is 47.3 Å². The number of pyridine rings is 2. The minimum Gasteiger partial charge on any atom is -0.473 e. The molecule has 2 aliphatic rings. The number of halogens is 2. The van der Waals surface area contributed by atoms with Crippen molar-refractivity contribution in [2.45, 2.75) is 88.9 Å². The van der Waals surface area contributed by atoms with Crippen LogP contribution in [0.3, 0.4) is 0 Å². The largest absolute Gasteiger partial charge is 0.473 e. The molecule has 0 radical (unpaired) electrons. The fraction of sp³-hybridized carbons (Fsp3) is 0.241. The second-order valence-corrected chi connectivity index (χ2v) is 20.1.